The van der Waals surface area contributed by atoms with Gasteiger partial charge in [0.25, 0.3) is 11.8 Å². The Hall–Kier alpha value is -3.52. The highest BCUT2D eigenvalue weighted by atomic mass is 32.1. The van der Waals surface area contributed by atoms with E-state index < -0.39 is 0 Å². The summed E-state index contributed by atoms with van der Waals surface area (Å²) in [6.07, 6.45) is 6.04. The molecule has 1 saturated heterocycles. The fourth-order valence-electron chi connectivity index (χ4n) is 4.58. The van der Waals surface area contributed by atoms with Gasteiger partial charge in [-0.3, -0.25) is 9.59 Å². The Morgan fingerprint density at radius 1 is 1.15 bits per heavy atom. The molecular formula is C26H27N5O2S. The lowest BCUT2D eigenvalue weighted by atomic mass is 9.85. The van der Waals surface area contributed by atoms with Gasteiger partial charge in [-0.25, -0.2) is 9.97 Å². The number of carbonyl (C=O) groups is 2. The summed E-state index contributed by atoms with van der Waals surface area (Å²) in [5.41, 5.74) is 3.00. The van der Waals surface area contributed by atoms with Crippen LogP contribution in [0.5, 0.6) is 0 Å². The maximum atomic E-state index is 13.5. The smallest absolute Gasteiger partial charge is 0.271 e. The monoisotopic (exact) mass is 473 g/mol. The molecule has 5 rings (SSSR count). The van der Waals surface area contributed by atoms with Crippen molar-refractivity contribution in [2.24, 2.45) is 0 Å². The zero-order valence-corrected chi connectivity index (χ0v) is 20.0. The van der Waals surface area contributed by atoms with Gasteiger partial charge in [0, 0.05) is 36.5 Å². The first-order valence-corrected chi connectivity index (χ1v) is 12.4. The van der Waals surface area contributed by atoms with E-state index in [0.717, 1.165) is 16.9 Å². The van der Waals surface area contributed by atoms with E-state index in [9.17, 15) is 9.59 Å². The minimum Gasteiger partial charge on any atom is -0.346 e. The fraction of sp³-hybridized carbons (Fsp3) is 0.308. The molecule has 0 unspecified atom stereocenters. The van der Waals surface area contributed by atoms with E-state index in [1.54, 1.807) is 12.5 Å². The van der Waals surface area contributed by atoms with Crippen molar-refractivity contribution in [3.8, 4) is 0 Å². The van der Waals surface area contributed by atoms with Crippen LogP contribution >= 0.6 is 11.3 Å². The number of aromatic nitrogens is 3. The summed E-state index contributed by atoms with van der Waals surface area (Å²) in [5.74, 6) is 0.148. The largest absolute Gasteiger partial charge is 0.346 e. The molecule has 174 valence electrons. The van der Waals surface area contributed by atoms with Gasteiger partial charge in [0.15, 0.2) is 0 Å². The van der Waals surface area contributed by atoms with Crippen molar-refractivity contribution < 1.29 is 9.59 Å². The molecule has 2 atom stereocenters. The molecule has 1 aliphatic heterocycles. The lowest BCUT2D eigenvalue weighted by Crippen LogP contribution is -2.53. The van der Waals surface area contributed by atoms with Crippen LogP contribution in [0, 0.1) is 0 Å². The minimum atomic E-state index is -0.221. The van der Waals surface area contributed by atoms with E-state index in [1.165, 1.54) is 16.9 Å². The number of amides is 2. The van der Waals surface area contributed by atoms with Crippen molar-refractivity contribution in [3.05, 3.63) is 88.4 Å². The first-order valence-electron chi connectivity index (χ1n) is 11.5. The van der Waals surface area contributed by atoms with Gasteiger partial charge in [-0.2, -0.15) is 0 Å². The molecule has 34 heavy (non-hydrogen) atoms. The summed E-state index contributed by atoms with van der Waals surface area (Å²) in [6, 6.07) is 13.7. The third kappa shape index (κ3) is 4.33. The van der Waals surface area contributed by atoms with Crippen LogP contribution in [0.4, 0.5) is 0 Å². The van der Waals surface area contributed by atoms with Gasteiger partial charge in [0.05, 0.1) is 34.7 Å². The maximum absolute atomic E-state index is 13.5. The lowest BCUT2D eigenvalue weighted by molar-refractivity contribution is 0.0656. The number of thiazole rings is 1. The number of benzene rings is 1. The standard InChI is InChI=1S/C26H27N5O2S/c1-17(2)25-29-22(15-34-25)24(32)28-21-14-30(12-10-19(21)18-7-4-3-5-8-18)26(33)20-9-6-11-31-16-27-13-23(20)31/h3-9,11,13,15-17,19,21H,10,12,14H2,1-2H3,(H,28,32)/t19-,21+/m0/s1. The van der Waals surface area contributed by atoms with E-state index in [4.69, 9.17) is 0 Å². The summed E-state index contributed by atoms with van der Waals surface area (Å²) >= 11 is 1.51. The van der Waals surface area contributed by atoms with Gasteiger partial charge in [-0.1, -0.05) is 44.2 Å². The van der Waals surface area contributed by atoms with E-state index in [-0.39, 0.29) is 29.7 Å². The van der Waals surface area contributed by atoms with E-state index >= 15 is 0 Å². The highest BCUT2D eigenvalue weighted by Crippen LogP contribution is 2.30. The van der Waals surface area contributed by atoms with E-state index in [0.29, 0.717) is 24.3 Å². The molecule has 1 aliphatic rings. The molecule has 7 nitrogen and oxygen atoms in total. The first-order chi connectivity index (χ1) is 16.5. The van der Waals surface area contributed by atoms with Gasteiger partial charge in [-0.05, 0) is 24.1 Å². The van der Waals surface area contributed by atoms with Crippen LogP contribution in [-0.4, -0.2) is 50.2 Å². The molecular weight excluding hydrogens is 446 g/mol. The second-order valence-electron chi connectivity index (χ2n) is 8.97. The Bertz CT molecular complexity index is 1310. The number of imidazole rings is 1. The van der Waals surface area contributed by atoms with Crippen LogP contribution in [0.1, 0.15) is 63.5 Å². The number of nitrogens with zero attached hydrogens (tertiary/aromatic N) is 4. The number of hydrogen-bond donors (Lipinski definition) is 1. The molecule has 8 heteroatoms. The Morgan fingerprint density at radius 2 is 1.97 bits per heavy atom. The molecule has 1 aromatic carbocycles. The Balaban J connectivity index is 1.40. The van der Waals surface area contributed by atoms with Crippen molar-refractivity contribution in [3.63, 3.8) is 0 Å². The van der Waals surface area contributed by atoms with Crippen molar-refractivity contribution in [2.45, 2.75) is 38.1 Å². The summed E-state index contributed by atoms with van der Waals surface area (Å²) in [7, 11) is 0. The predicted octanol–water partition coefficient (Wildman–Crippen LogP) is 4.34. The molecule has 0 aliphatic carbocycles. The molecule has 4 aromatic rings. The number of piperidine rings is 1. The summed E-state index contributed by atoms with van der Waals surface area (Å²) in [6.45, 7) is 5.18. The molecule has 0 saturated carbocycles. The highest BCUT2D eigenvalue weighted by molar-refractivity contribution is 7.09. The third-order valence-corrected chi connectivity index (χ3v) is 7.52. The fourth-order valence-corrected chi connectivity index (χ4v) is 5.40. The van der Waals surface area contributed by atoms with Crippen LogP contribution in [0.25, 0.3) is 5.52 Å². The summed E-state index contributed by atoms with van der Waals surface area (Å²) in [4.78, 5) is 37.2. The highest BCUT2D eigenvalue weighted by Gasteiger charge is 2.34. The van der Waals surface area contributed by atoms with Crippen LogP contribution in [0.15, 0.2) is 66.6 Å². The zero-order valence-electron chi connectivity index (χ0n) is 19.2. The van der Waals surface area contributed by atoms with Gasteiger partial charge < -0.3 is 14.6 Å². The van der Waals surface area contributed by atoms with Crippen LogP contribution in [0.2, 0.25) is 0 Å². The van der Waals surface area contributed by atoms with Crippen molar-refractivity contribution in [1.29, 1.82) is 0 Å². The van der Waals surface area contributed by atoms with Gasteiger partial charge in [0.1, 0.15) is 5.69 Å². The van der Waals surface area contributed by atoms with Crippen LogP contribution < -0.4 is 5.32 Å². The number of likely N-dealkylation sites (tertiary alicyclic amines) is 1. The Morgan fingerprint density at radius 3 is 2.74 bits per heavy atom. The van der Waals surface area contributed by atoms with Crippen LogP contribution in [0.3, 0.4) is 0 Å². The number of hydrogen-bond acceptors (Lipinski definition) is 5. The summed E-state index contributed by atoms with van der Waals surface area (Å²) in [5, 5.41) is 5.96. The normalized spacial score (nSPS) is 18.4. The SMILES string of the molecule is CC(C)c1nc(C(=O)N[C@@H]2CN(C(=O)c3cccn4cncc34)CC[C@H]2c2ccccc2)cs1. The minimum absolute atomic E-state index is 0.0485. The number of pyridine rings is 1. The number of rotatable bonds is 5. The summed E-state index contributed by atoms with van der Waals surface area (Å²) < 4.78 is 1.85. The molecule has 0 bridgehead atoms. The molecule has 1 N–H and O–H groups in total. The average Bonchev–Trinajstić information content (AvgIpc) is 3.54. The first kappa shape index (κ1) is 22.3. The van der Waals surface area contributed by atoms with Crippen molar-refractivity contribution in [1.82, 2.24) is 24.6 Å². The molecule has 4 heterocycles. The third-order valence-electron chi connectivity index (χ3n) is 6.37. The number of fused-ring (bicyclic) bond motifs is 1. The van der Waals surface area contributed by atoms with Crippen molar-refractivity contribution >= 4 is 28.7 Å². The molecule has 0 spiro atoms. The Labute approximate surface area is 202 Å². The molecule has 1 fully saturated rings. The zero-order chi connectivity index (χ0) is 23.7. The second kappa shape index (κ2) is 9.38. The van der Waals surface area contributed by atoms with Crippen LogP contribution in [-0.2, 0) is 0 Å². The topological polar surface area (TPSA) is 79.6 Å². The van der Waals surface area contributed by atoms with Gasteiger partial charge in [-0.15, -0.1) is 11.3 Å². The number of nitrogens with one attached hydrogen (secondary N) is 1. The van der Waals surface area contributed by atoms with E-state index in [1.807, 2.05) is 51.2 Å². The van der Waals surface area contributed by atoms with E-state index in [2.05, 4.69) is 41.3 Å². The quantitative estimate of drug-likeness (QED) is 0.468. The predicted molar refractivity (Wildman–Crippen MR) is 132 cm³/mol. The van der Waals surface area contributed by atoms with Crippen molar-refractivity contribution in [2.75, 3.05) is 13.1 Å². The maximum Gasteiger partial charge on any atom is 0.271 e. The number of carbonyl (C=O) groups excluding carboxylic acids is 2. The second-order valence-corrected chi connectivity index (χ2v) is 9.86. The molecule has 2 amide bonds. The van der Waals surface area contributed by atoms with Gasteiger partial charge in [0.2, 0.25) is 0 Å². The molecule has 0 radical (unpaired) electrons. The lowest BCUT2D eigenvalue weighted by Gasteiger charge is -2.39. The average molecular weight is 474 g/mol. The Kier molecular flexibility index (Phi) is 6.15. The van der Waals surface area contributed by atoms with Gasteiger partial charge >= 0.3 is 0 Å². The molecule has 3 aromatic heterocycles.